The van der Waals surface area contributed by atoms with Gasteiger partial charge in [-0.25, -0.2) is 0 Å². The normalized spacial score (nSPS) is 13.5. The SMILES string of the molecule is O=C(O)[C@@H](S)[C@@H](S)C(=O)O.O=C(O)[C@H](S)CC[C@H](S)C(=O)O.O[C@@H](CS)[C@@H](O)CS.O[C@H](CS)[C@@H](O)CS.O[C@H](CS)[C@H](O)CS.SCCOCCS.SCc1cccc(CS)c1.SCc1ccccc1CS.Sc1ccc(Sc2ccc(S)cc2)cc1. The Hall–Kier alpha value is 1.13. The van der Waals surface area contributed by atoms with E-state index in [1.54, 1.807) is 11.8 Å². The van der Waals surface area contributed by atoms with Crippen LogP contribution in [0.5, 0.6) is 0 Å². The monoisotopic (exact) mass is 1580 g/mol. The maximum absolute atomic E-state index is 10.2. The van der Waals surface area contributed by atoms with E-state index < -0.39 is 81.5 Å². The molecule has 0 saturated heterocycles. The molecule has 10 N–H and O–H groups in total. The van der Waals surface area contributed by atoms with Gasteiger partial charge in [0.15, 0.2) is 0 Å². The highest BCUT2D eigenvalue weighted by Gasteiger charge is 2.27. The lowest BCUT2D eigenvalue weighted by atomic mass is 10.1. The molecule has 0 aliphatic heterocycles. The Balaban J connectivity index is -0.000000297. The third kappa shape index (κ3) is 56.3. The van der Waals surface area contributed by atoms with Crippen molar-refractivity contribution >= 4 is 263 Å². The minimum Gasteiger partial charge on any atom is -0.480 e. The Morgan fingerprint density at radius 1 is 0.386 bits per heavy atom. The van der Waals surface area contributed by atoms with E-state index in [0.717, 1.165) is 57.5 Å². The molecule has 0 aliphatic rings. The van der Waals surface area contributed by atoms with Crippen LogP contribution in [0.3, 0.4) is 0 Å². The topological polar surface area (TPSA) is 280 Å². The molecule has 0 amide bonds. The average molecular weight is 1580 g/mol. The molecule has 4 aromatic rings. The van der Waals surface area contributed by atoms with E-state index >= 15 is 0 Å². The van der Waals surface area contributed by atoms with Crippen LogP contribution in [0.1, 0.15) is 35.1 Å². The summed E-state index contributed by atoms with van der Waals surface area (Å²) < 4.78 is 4.98. The number of aliphatic hydroxyl groups is 6. The molecule has 4 rings (SSSR count). The minimum absolute atomic E-state index is 0.207. The van der Waals surface area contributed by atoms with E-state index in [2.05, 4.69) is 282 Å². The number of carboxylic acids is 4. The molecule has 0 heterocycles. The smallest absolute Gasteiger partial charge is 0.318 e. The summed E-state index contributed by atoms with van der Waals surface area (Å²) in [4.78, 5) is 45.0. The van der Waals surface area contributed by atoms with Crippen LogP contribution in [-0.2, 0) is 46.9 Å². The van der Waals surface area contributed by atoms with Crippen molar-refractivity contribution in [3.05, 3.63) is 119 Å². The van der Waals surface area contributed by atoms with E-state index in [0.29, 0.717) is 0 Å². The van der Waals surface area contributed by atoms with Crippen LogP contribution in [0.4, 0.5) is 0 Å². The van der Waals surface area contributed by atoms with Gasteiger partial charge in [0.25, 0.3) is 0 Å². The lowest BCUT2D eigenvalue weighted by Gasteiger charge is -2.11. The van der Waals surface area contributed by atoms with Gasteiger partial charge >= 0.3 is 23.9 Å². The van der Waals surface area contributed by atoms with Crippen molar-refractivity contribution in [2.24, 2.45) is 0 Å². The molecule has 0 bridgehead atoms. The quantitative estimate of drug-likeness (QED) is 0.0196. The molecule has 0 saturated carbocycles. The summed E-state index contributed by atoms with van der Waals surface area (Å²) in [7, 11) is 0. The number of thiol groups is 18. The number of carbonyl (C=O) groups is 4. The number of hydrogen-bond acceptors (Lipinski definition) is 30. The molecule has 0 fully saturated rings. The number of ether oxygens (including phenoxy) is 1. The van der Waals surface area contributed by atoms with Crippen LogP contribution in [0, 0.1) is 0 Å². The van der Waals surface area contributed by atoms with Crippen LogP contribution in [0.25, 0.3) is 0 Å². The second-order valence-corrected chi connectivity index (χ2v) is 25.6. The predicted molar refractivity (Wildman–Crippen MR) is 424 cm³/mol. The first-order chi connectivity index (χ1) is 41.5. The largest absolute Gasteiger partial charge is 0.480 e. The number of rotatable bonds is 27. The molecule has 15 nitrogen and oxygen atoms in total. The summed E-state index contributed by atoms with van der Waals surface area (Å²) in [6, 6.07) is 32.8. The van der Waals surface area contributed by atoms with Gasteiger partial charge in [-0.3, -0.25) is 19.2 Å². The molecule has 0 spiro atoms. The number of hydrogen-bond donors (Lipinski definition) is 28. The van der Waals surface area contributed by atoms with Gasteiger partial charge in [0, 0.05) is 88.6 Å². The van der Waals surface area contributed by atoms with Crippen LogP contribution < -0.4 is 0 Å². The van der Waals surface area contributed by atoms with Gasteiger partial charge in [-0.2, -0.15) is 202 Å². The highest BCUT2D eigenvalue weighted by atomic mass is 32.2. The number of aliphatic hydroxyl groups excluding tert-OH is 6. The zero-order chi connectivity index (χ0) is 68.7. The molecular weight excluding hydrogens is 1500 g/mol. The van der Waals surface area contributed by atoms with E-state index in [-0.39, 0.29) is 47.4 Å². The van der Waals surface area contributed by atoms with Gasteiger partial charge in [0.2, 0.25) is 0 Å². The first-order valence-corrected chi connectivity index (χ1v) is 36.8. The first kappa shape index (κ1) is 97.8. The standard InChI is InChI=1S/C12H10S3.2C8H10S2.C6H10O4S2.C4H6O4S2.3C4H10O2S2.C4H10OS2/c13-9-1-5-11(6-2-9)15-12-7-3-10(14)4-8-12;9-5-7-2-1-3-8(4-7)6-10;9-5-7-3-1-2-4-8(7)6-10;7-5(8)3(11)1-2-4(12)6(9)10;5-3(6)1(9)2(10)4(7)8;3*5-3(1-7)4(6)2-8;6-3-1-5-2-4-7/h1-8,13-14H;2*1-4,9-10H,5-6H2;3-4,11-12H,1-2H2,(H,7,8)(H,9,10);1-2,9-10H,(H,5,6)(H,7,8);3*3-8H,1-2H2;6-7H,1-4H2/t;;;3-,4+;1-,2+;3-,4+;2*3-,4-;/m......10./s1. The summed E-state index contributed by atoms with van der Waals surface area (Å²) >= 11 is 71.9. The van der Waals surface area contributed by atoms with Gasteiger partial charge in [-0.15, -0.1) is 25.3 Å². The van der Waals surface area contributed by atoms with Gasteiger partial charge < -0.3 is 55.8 Å². The van der Waals surface area contributed by atoms with Crippen LogP contribution in [-0.4, -0.2) is 192 Å². The fourth-order valence-corrected chi connectivity index (χ4v) is 9.05. The van der Waals surface area contributed by atoms with Gasteiger partial charge in [0.05, 0.1) is 60.3 Å². The predicted octanol–water partition coefficient (Wildman–Crippen LogP) is 9.36. The fourth-order valence-electron chi connectivity index (χ4n) is 4.65. The fraction of sp³-hybridized carbons (Fsp3) is 0.481. The molecule has 0 aliphatic carbocycles. The van der Waals surface area contributed by atoms with Crippen molar-refractivity contribution in [3.63, 3.8) is 0 Å². The summed E-state index contributed by atoms with van der Waals surface area (Å²) in [5.74, 6) is 1.85. The summed E-state index contributed by atoms with van der Waals surface area (Å²) in [5, 5.41) is 81.6. The molecule has 88 heavy (non-hydrogen) atoms. The Bertz CT molecular complexity index is 2140. The second kappa shape index (κ2) is 65.4. The Labute approximate surface area is 622 Å². The van der Waals surface area contributed by atoms with Crippen LogP contribution in [0.2, 0.25) is 0 Å². The molecule has 0 unspecified atom stereocenters. The third-order valence-electron chi connectivity index (χ3n) is 9.74. The van der Waals surface area contributed by atoms with Crippen LogP contribution >= 0.6 is 239 Å². The van der Waals surface area contributed by atoms with Crippen molar-refractivity contribution in [1.29, 1.82) is 0 Å². The van der Waals surface area contributed by atoms with Crippen LogP contribution in [0.15, 0.2) is 117 Å². The highest BCUT2D eigenvalue weighted by molar-refractivity contribution is 7.99. The summed E-state index contributed by atoms with van der Waals surface area (Å²) in [5.41, 5.74) is 5.08. The molecule has 0 aromatic heterocycles. The van der Waals surface area contributed by atoms with Gasteiger partial charge in [-0.05, 0) is 83.6 Å². The molecular formula is C54H86O15S19. The van der Waals surface area contributed by atoms with E-state index in [9.17, 15) is 19.2 Å². The number of carboxylic acid groups (broad SMARTS) is 4. The zero-order valence-corrected chi connectivity index (χ0v) is 64.2. The van der Waals surface area contributed by atoms with E-state index in [4.69, 9.17) is 55.8 Å². The molecule has 0 radical (unpaired) electrons. The zero-order valence-electron chi connectivity index (χ0n) is 47.3. The van der Waals surface area contributed by atoms with Crippen molar-refractivity contribution in [2.75, 3.05) is 59.2 Å². The molecule has 506 valence electrons. The molecule has 34 heteroatoms. The van der Waals surface area contributed by atoms with E-state index in [1.165, 1.54) is 32.0 Å². The van der Waals surface area contributed by atoms with Crippen molar-refractivity contribution in [2.45, 2.75) is 113 Å². The van der Waals surface area contributed by atoms with E-state index in [1.807, 2.05) is 42.5 Å². The number of aliphatic carboxylic acids is 4. The molecule has 4 aromatic carbocycles. The maximum atomic E-state index is 10.2. The van der Waals surface area contributed by atoms with Gasteiger partial charge in [-0.1, -0.05) is 60.3 Å². The average Bonchev–Trinajstić information content (AvgIpc) is 3.57. The Morgan fingerprint density at radius 3 is 0.864 bits per heavy atom. The van der Waals surface area contributed by atoms with Crippen molar-refractivity contribution in [3.8, 4) is 0 Å². The Morgan fingerprint density at radius 2 is 0.659 bits per heavy atom. The third-order valence-corrected chi connectivity index (χ3v) is 17.6. The van der Waals surface area contributed by atoms with Crippen molar-refractivity contribution < 1.29 is 75.0 Å². The second-order valence-electron chi connectivity index (χ2n) is 16.7. The van der Waals surface area contributed by atoms with Gasteiger partial charge in [0.1, 0.15) is 10.5 Å². The minimum atomic E-state index is -1.29. The maximum Gasteiger partial charge on any atom is 0.318 e. The molecule has 10 atom stereocenters. The lowest BCUT2D eigenvalue weighted by Crippen LogP contribution is -2.31. The summed E-state index contributed by atoms with van der Waals surface area (Å²) in [6.07, 6.45) is -4.03. The Kier molecular flexibility index (Phi) is 72.7. The van der Waals surface area contributed by atoms with Crippen molar-refractivity contribution in [1.82, 2.24) is 0 Å². The highest BCUT2D eigenvalue weighted by Crippen LogP contribution is 2.29. The lowest BCUT2D eigenvalue weighted by molar-refractivity contribution is -0.142. The number of benzene rings is 4. The summed E-state index contributed by atoms with van der Waals surface area (Å²) in [6.45, 7) is 1.48. The first-order valence-electron chi connectivity index (χ1n) is 25.5.